The molecule has 2 aromatic heterocycles. The highest BCUT2D eigenvalue weighted by molar-refractivity contribution is 5.95. The molecule has 1 amide bonds. The van der Waals surface area contributed by atoms with E-state index in [1.807, 2.05) is 12.1 Å². The molecule has 0 atom stereocenters. The Kier molecular flexibility index (Phi) is 4.42. The molecule has 1 aliphatic heterocycles. The smallest absolute Gasteiger partial charge is 0.254 e. The number of carbonyl (C=O) groups is 1. The van der Waals surface area contributed by atoms with Crippen molar-refractivity contribution in [3.8, 4) is 11.6 Å². The third-order valence-electron chi connectivity index (χ3n) is 4.01. The van der Waals surface area contributed by atoms with E-state index < -0.39 is 0 Å². The first-order valence-electron chi connectivity index (χ1n) is 8.30. The Labute approximate surface area is 150 Å². The predicted octanol–water partition coefficient (Wildman–Crippen LogP) is 2.60. The van der Waals surface area contributed by atoms with Crippen LogP contribution in [0.2, 0.25) is 0 Å². The summed E-state index contributed by atoms with van der Waals surface area (Å²) in [5.41, 5.74) is 0.591. The van der Waals surface area contributed by atoms with Crippen LogP contribution in [0.25, 0.3) is 0 Å². The molecular weight excluding hydrogens is 330 g/mol. The number of rotatable bonds is 5. The van der Waals surface area contributed by atoms with Crippen LogP contribution in [-0.4, -0.2) is 44.9 Å². The monoisotopic (exact) mass is 347 g/mol. The van der Waals surface area contributed by atoms with Crippen LogP contribution in [0.3, 0.4) is 0 Å². The third kappa shape index (κ3) is 3.61. The number of pyridine rings is 1. The summed E-state index contributed by atoms with van der Waals surface area (Å²) in [7, 11) is 0. The number of benzene rings is 1. The van der Waals surface area contributed by atoms with Crippen molar-refractivity contribution >= 4 is 11.9 Å². The number of amides is 1. The highest BCUT2D eigenvalue weighted by atomic mass is 16.5. The van der Waals surface area contributed by atoms with Crippen LogP contribution in [0.1, 0.15) is 10.4 Å². The topological polar surface area (TPSA) is 80.2 Å². The molecule has 0 radical (unpaired) electrons. The standard InChI is InChI=1S/C19H17N5O2/c25-18(24-12-15(13-24)23-19-21-9-4-10-22-19)14-5-3-6-16(11-14)26-17-7-1-2-8-20-17/h1-11,15H,12-13H2,(H,21,22,23). The molecule has 0 saturated carbocycles. The Bertz CT molecular complexity index is 883. The van der Waals surface area contributed by atoms with Gasteiger partial charge in [0.1, 0.15) is 5.75 Å². The Morgan fingerprint density at radius 1 is 1.00 bits per heavy atom. The van der Waals surface area contributed by atoms with Gasteiger partial charge in [0.2, 0.25) is 11.8 Å². The SMILES string of the molecule is O=C(c1cccc(Oc2ccccn2)c1)N1CC(Nc2ncccn2)C1. The maximum absolute atomic E-state index is 12.6. The van der Waals surface area contributed by atoms with Crippen molar-refractivity contribution in [2.24, 2.45) is 0 Å². The normalized spacial score (nSPS) is 13.8. The number of ether oxygens (including phenoxy) is 1. The van der Waals surface area contributed by atoms with E-state index in [-0.39, 0.29) is 11.9 Å². The van der Waals surface area contributed by atoms with Crippen LogP contribution < -0.4 is 10.1 Å². The molecule has 7 nitrogen and oxygen atoms in total. The molecule has 1 fully saturated rings. The summed E-state index contributed by atoms with van der Waals surface area (Å²) in [6.45, 7) is 1.23. The Hall–Kier alpha value is -3.48. The second kappa shape index (κ2) is 7.18. The number of likely N-dealkylation sites (tertiary alicyclic amines) is 1. The Morgan fingerprint density at radius 3 is 2.58 bits per heavy atom. The van der Waals surface area contributed by atoms with Crippen LogP contribution in [0.4, 0.5) is 5.95 Å². The van der Waals surface area contributed by atoms with Gasteiger partial charge in [0, 0.05) is 43.3 Å². The summed E-state index contributed by atoms with van der Waals surface area (Å²) in [6, 6.07) is 14.5. The zero-order chi connectivity index (χ0) is 17.8. The number of anilines is 1. The predicted molar refractivity (Wildman–Crippen MR) is 96.1 cm³/mol. The first kappa shape index (κ1) is 16.0. The Morgan fingerprint density at radius 2 is 1.81 bits per heavy atom. The molecule has 1 saturated heterocycles. The lowest BCUT2D eigenvalue weighted by Crippen LogP contribution is -2.57. The summed E-state index contributed by atoms with van der Waals surface area (Å²) < 4.78 is 5.69. The molecule has 0 bridgehead atoms. The van der Waals surface area contributed by atoms with Gasteiger partial charge in [0.25, 0.3) is 5.91 Å². The summed E-state index contributed by atoms with van der Waals surface area (Å²) in [5, 5.41) is 3.21. The van der Waals surface area contributed by atoms with E-state index in [0.29, 0.717) is 36.2 Å². The lowest BCUT2D eigenvalue weighted by molar-refractivity contribution is 0.0624. The van der Waals surface area contributed by atoms with Crippen LogP contribution in [0.5, 0.6) is 11.6 Å². The maximum atomic E-state index is 12.6. The number of aromatic nitrogens is 3. The molecule has 0 spiro atoms. The van der Waals surface area contributed by atoms with Gasteiger partial charge in [-0.05, 0) is 30.3 Å². The molecule has 0 unspecified atom stereocenters. The van der Waals surface area contributed by atoms with Gasteiger partial charge in [-0.25, -0.2) is 15.0 Å². The van der Waals surface area contributed by atoms with Crippen LogP contribution in [0.15, 0.2) is 67.1 Å². The molecule has 1 aromatic carbocycles. The van der Waals surface area contributed by atoms with Crippen molar-refractivity contribution in [3.63, 3.8) is 0 Å². The molecule has 26 heavy (non-hydrogen) atoms. The van der Waals surface area contributed by atoms with E-state index in [1.165, 1.54) is 0 Å². The van der Waals surface area contributed by atoms with E-state index in [2.05, 4.69) is 20.3 Å². The molecule has 130 valence electrons. The average Bonchev–Trinajstić information content (AvgIpc) is 2.66. The zero-order valence-electron chi connectivity index (χ0n) is 13.9. The Balaban J connectivity index is 1.36. The van der Waals surface area contributed by atoms with Gasteiger partial charge in [0.15, 0.2) is 0 Å². The van der Waals surface area contributed by atoms with Crippen molar-refractivity contribution in [1.29, 1.82) is 0 Å². The van der Waals surface area contributed by atoms with Gasteiger partial charge in [-0.15, -0.1) is 0 Å². The molecule has 1 aliphatic rings. The van der Waals surface area contributed by atoms with Gasteiger partial charge in [0.05, 0.1) is 6.04 Å². The van der Waals surface area contributed by atoms with Crippen LogP contribution in [0, 0.1) is 0 Å². The average molecular weight is 347 g/mol. The van der Waals surface area contributed by atoms with Gasteiger partial charge < -0.3 is 15.0 Å². The van der Waals surface area contributed by atoms with Crippen molar-refractivity contribution in [2.45, 2.75) is 6.04 Å². The summed E-state index contributed by atoms with van der Waals surface area (Å²) in [5.74, 6) is 1.63. The number of nitrogens with zero attached hydrogens (tertiary/aromatic N) is 4. The second-order valence-corrected chi connectivity index (χ2v) is 5.92. The van der Waals surface area contributed by atoms with Gasteiger partial charge >= 0.3 is 0 Å². The van der Waals surface area contributed by atoms with E-state index in [4.69, 9.17) is 4.74 Å². The van der Waals surface area contributed by atoms with Crippen molar-refractivity contribution in [2.75, 3.05) is 18.4 Å². The highest BCUT2D eigenvalue weighted by Crippen LogP contribution is 2.22. The fraction of sp³-hybridized carbons (Fsp3) is 0.158. The molecule has 3 heterocycles. The number of hydrogen-bond acceptors (Lipinski definition) is 6. The molecule has 1 N–H and O–H groups in total. The van der Waals surface area contributed by atoms with Crippen LogP contribution >= 0.6 is 0 Å². The minimum atomic E-state index is -0.0245. The summed E-state index contributed by atoms with van der Waals surface area (Å²) >= 11 is 0. The largest absolute Gasteiger partial charge is 0.439 e. The lowest BCUT2D eigenvalue weighted by atomic mass is 10.1. The van der Waals surface area contributed by atoms with E-state index >= 15 is 0 Å². The highest BCUT2D eigenvalue weighted by Gasteiger charge is 2.31. The van der Waals surface area contributed by atoms with Gasteiger partial charge in [-0.1, -0.05) is 12.1 Å². The van der Waals surface area contributed by atoms with E-state index in [1.54, 1.807) is 59.9 Å². The molecular formula is C19H17N5O2. The van der Waals surface area contributed by atoms with Gasteiger partial charge in [-0.2, -0.15) is 0 Å². The second-order valence-electron chi connectivity index (χ2n) is 5.92. The summed E-state index contributed by atoms with van der Waals surface area (Å²) in [4.78, 5) is 26.8. The zero-order valence-corrected chi connectivity index (χ0v) is 13.9. The quantitative estimate of drug-likeness (QED) is 0.764. The fourth-order valence-corrected chi connectivity index (χ4v) is 2.70. The molecule has 3 aromatic rings. The van der Waals surface area contributed by atoms with Crippen molar-refractivity contribution in [3.05, 3.63) is 72.7 Å². The van der Waals surface area contributed by atoms with Crippen molar-refractivity contribution < 1.29 is 9.53 Å². The minimum absolute atomic E-state index is 0.0245. The number of carbonyl (C=O) groups excluding carboxylic acids is 1. The minimum Gasteiger partial charge on any atom is -0.439 e. The third-order valence-corrected chi connectivity index (χ3v) is 4.01. The van der Waals surface area contributed by atoms with Gasteiger partial charge in [-0.3, -0.25) is 4.79 Å². The fourth-order valence-electron chi connectivity index (χ4n) is 2.70. The number of hydrogen-bond donors (Lipinski definition) is 1. The van der Waals surface area contributed by atoms with Crippen LogP contribution in [-0.2, 0) is 0 Å². The molecule has 4 rings (SSSR count). The number of nitrogens with one attached hydrogen (secondary N) is 1. The van der Waals surface area contributed by atoms with E-state index in [0.717, 1.165) is 0 Å². The first-order chi connectivity index (χ1) is 12.8. The summed E-state index contributed by atoms with van der Waals surface area (Å²) in [6.07, 6.45) is 5.03. The first-order valence-corrected chi connectivity index (χ1v) is 8.30. The van der Waals surface area contributed by atoms with Crippen molar-refractivity contribution in [1.82, 2.24) is 19.9 Å². The molecule has 0 aliphatic carbocycles. The van der Waals surface area contributed by atoms with E-state index in [9.17, 15) is 4.79 Å². The maximum Gasteiger partial charge on any atom is 0.254 e. The molecule has 7 heteroatoms. The lowest BCUT2D eigenvalue weighted by Gasteiger charge is -2.39.